The quantitative estimate of drug-likeness (QED) is 0.802. The van der Waals surface area contributed by atoms with Gasteiger partial charge in [0.1, 0.15) is 23.2 Å². The number of carbonyl (C=O) groups excluding carboxylic acids is 1. The molecule has 0 bridgehead atoms. The monoisotopic (exact) mass is 280 g/mol. The van der Waals surface area contributed by atoms with E-state index >= 15 is 0 Å². The Bertz CT molecular complexity index is 658. The molecule has 0 radical (unpaired) electrons. The molecule has 2 nitrogen and oxygen atoms in total. The predicted molar refractivity (Wildman–Crippen MR) is 67.5 cm³/mol. The maximum atomic E-state index is 13.6. The van der Waals surface area contributed by atoms with Crippen LogP contribution in [0, 0.1) is 24.4 Å². The molecular weight excluding hydrogens is 269 g/mol. The van der Waals surface area contributed by atoms with Crippen LogP contribution in [0.3, 0.4) is 0 Å². The zero-order chi connectivity index (χ0) is 14.9. The van der Waals surface area contributed by atoms with Crippen LogP contribution < -0.4 is 4.74 Å². The number of methoxy groups -OCH3 is 1. The Morgan fingerprint density at radius 3 is 2.15 bits per heavy atom. The summed E-state index contributed by atoms with van der Waals surface area (Å²) in [6.45, 7) is 1.70. The third kappa shape index (κ3) is 2.52. The normalized spacial score (nSPS) is 10.4. The summed E-state index contributed by atoms with van der Waals surface area (Å²) in [6, 6.07) is 5.35. The van der Waals surface area contributed by atoms with E-state index in [2.05, 4.69) is 0 Å². The van der Waals surface area contributed by atoms with Gasteiger partial charge in [-0.05, 0) is 30.7 Å². The second-order valence-corrected chi connectivity index (χ2v) is 4.26. The Balaban J connectivity index is 2.49. The minimum absolute atomic E-state index is 0.104. The average Bonchev–Trinajstić information content (AvgIpc) is 2.37. The van der Waals surface area contributed by atoms with E-state index in [1.165, 1.54) is 25.3 Å². The maximum Gasteiger partial charge on any atom is 0.198 e. The van der Waals surface area contributed by atoms with Gasteiger partial charge >= 0.3 is 0 Å². The molecule has 20 heavy (non-hydrogen) atoms. The van der Waals surface area contributed by atoms with E-state index in [-0.39, 0.29) is 5.56 Å². The first-order valence-corrected chi connectivity index (χ1v) is 5.78. The molecule has 0 saturated carbocycles. The molecule has 2 aromatic carbocycles. The molecule has 0 fully saturated rings. The van der Waals surface area contributed by atoms with Crippen LogP contribution in [-0.4, -0.2) is 12.9 Å². The minimum atomic E-state index is -1.22. The van der Waals surface area contributed by atoms with E-state index < -0.39 is 28.8 Å². The summed E-state index contributed by atoms with van der Waals surface area (Å²) in [5.74, 6) is -3.79. The van der Waals surface area contributed by atoms with Crippen molar-refractivity contribution in [3.05, 3.63) is 64.5 Å². The standard InChI is InChI=1S/C15H11F3O2/c1-8-5-9(3-4-13(8)20-2)15(19)14-11(17)6-10(16)7-12(14)18/h3-7H,1-2H3. The second-order valence-electron chi connectivity index (χ2n) is 4.26. The third-order valence-electron chi connectivity index (χ3n) is 2.89. The number of rotatable bonds is 3. The van der Waals surface area contributed by atoms with Crippen molar-refractivity contribution >= 4 is 5.78 Å². The van der Waals surface area contributed by atoms with Crippen molar-refractivity contribution in [3.63, 3.8) is 0 Å². The SMILES string of the molecule is COc1ccc(C(=O)c2c(F)cc(F)cc2F)cc1C. The van der Waals surface area contributed by atoms with Crippen molar-refractivity contribution in [2.45, 2.75) is 6.92 Å². The summed E-state index contributed by atoms with van der Waals surface area (Å²) < 4.78 is 45.0. The molecule has 2 rings (SSSR count). The van der Waals surface area contributed by atoms with Crippen molar-refractivity contribution in [2.24, 2.45) is 0 Å². The highest BCUT2D eigenvalue weighted by Gasteiger charge is 2.20. The Hall–Kier alpha value is -2.30. The van der Waals surface area contributed by atoms with E-state index in [9.17, 15) is 18.0 Å². The molecule has 0 unspecified atom stereocenters. The number of benzene rings is 2. The molecule has 0 aliphatic heterocycles. The Kier molecular flexibility index (Phi) is 3.79. The molecule has 0 N–H and O–H groups in total. The summed E-state index contributed by atoms with van der Waals surface area (Å²) in [5, 5.41) is 0. The lowest BCUT2D eigenvalue weighted by atomic mass is 10.00. The molecule has 0 heterocycles. The molecule has 0 aromatic heterocycles. The van der Waals surface area contributed by atoms with Crippen molar-refractivity contribution in [1.29, 1.82) is 0 Å². The van der Waals surface area contributed by atoms with Crippen LogP contribution in [0.15, 0.2) is 30.3 Å². The number of carbonyl (C=O) groups is 1. The van der Waals surface area contributed by atoms with Gasteiger partial charge in [0.25, 0.3) is 0 Å². The van der Waals surface area contributed by atoms with Crippen LogP contribution in [0.5, 0.6) is 5.75 Å². The second kappa shape index (κ2) is 5.36. The average molecular weight is 280 g/mol. The fourth-order valence-electron chi connectivity index (χ4n) is 1.92. The number of hydrogen-bond donors (Lipinski definition) is 0. The largest absolute Gasteiger partial charge is 0.496 e. The molecule has 0 spiro atoms. The number of aryl methyl sites for hydroxylation is 1. The fourth-order valence-corrected chi connectivity index (χ4v) is 1.92. The minimum Gasteiger partial charge on any atom is -0.496 e. The molecule has 0 aliphatic rings. The van der Waals surface area contributed by atoms with Gasteiger partial charge in [-0.3, -0.25) is 4.79 Å². The number of hydrogen-bond acceptors (Lipinski definition) is 2. The molecule has 0 atom stereocenters. The lowest BCUT2D eigenvalue weighted by molar-refractivity contribution is 0.103. The van der Waals surface area contributed by atoms with Gasteiger partial charge in [0, 0.05) is 17.7 Å². The zero-order valence-electron chi connectivity index (χ0n) is 10.8. The fraction of sp³-hybridized carbons (Fsp3) is 0.133. The Labute approximate surface area is 113 Å². The highest BCUT2D eigenvalue weighted by atomic mass is 19.1. The smallest absolute Gasteiger partial charge is 0.198 e. The number of ether oxygens (including phenoxy) is 1. The zero-order valence-corrected chi connectivity index (χ0v) is 10.8. The highest BCUT2D eigenvalue weighted by Crippen LogP contribution is 2.23. The lowest BCUT2D eigenvalue weighted by Crippen LogP contribution is -2.08. The molecule has 0 aliphatic carbocycles. The number of ketones is 1. The predicted octanol–water partition coefficient (Wildman–Crippen LogP) is 3.65. The molecule has 5 heteroatoms. The summed E-state index contributed by atoms with van der Waals surface area (Å²) in [5.41, 5.74) is -0.00930. The van der Waals surface area contributed by atoms with Crippen molar-refractivity contribution in [1.82, 2.24) is 0 Å². The van der Waals surface area contributed by atoms with Crippen LogP contribution in [0.4, 0.5) is 13.2 Å². The van der Waals surface area contributed by atoms with Crippen LogP contribution >= 0.6 is 0 Å². The van der Waals surface area contributed by atoms with Crippen LogP contribution in [0.1, 0.15) is 21.5 Å². The summed E-state index contributed by atoms with van der Waals surface area (Å²) in [6.07, 6.45) is 0. The van der Waals surface area contributed by atoms with E-state index in [4.69, 9.17) is 4.74 Å². The molecule has 0 amide bonds. The van der Waals surface area contributed by atoms with E-state index in [1.54, 1.807) is 6.92 Å². The number of halogens is 3. The van der Waals surface area contributed by atoms with Gasteiger partial charge in [0.2, 0.25) is 0 Å². The van der Waals surface area contributed by atoms with Crippen LogP contribution in [0.2, 0.25) is 0 Å². The first-order chi connectivity index (χ1) is 9.43. The summed E-state index contributed by atoms with van der Waals surface area (Å²) in [4.78, 5) is 12.1. The van der Waals surface area contributed by atoms with Gasteiger partial charge in [0.15, 0.2) is 5.78 Å². The highest BCUT2D eigenvalue weighted by molar-refractivity contribution is 6.09. The van der Waals surface area contributed by atoms with Gasteiger partial charge < -0.3 is 4.74 Å². The topological polar surface area (TPSA) is 26.3 Å². The van der Waals surface area contributed by atoms with Gasteiger partial charge in [-0.15, -0.1) is 0 Å². The van der Waals surface area contributed by atoms with Crippen molar-refractivity contribution in [2.75, 3.05) is 7.11 Å². The van der Waals surface area contributed by atoms with E-state index in [0.29, 0.717) is 23.4 Å². The van der Waals surface area contributed by atoms with Gasteiger partial charge in [0.05, 0.1) is 12.7 Å². The lowest BCUT2D eigenvalue weighted by Gasteiger charge is -2.08. The summed E-state index contributed by atoms with van der Waals surface area (Å²) in [7, 11) is 1.48. The molecule has 0 saturated heterocycles. The summed E-state index contributed by atoms with van der Waals surface area (Å²) >= 11 is 0. The van der Waals surface area contributed by atoms with E-state index in [1.807, 2.05) is 0 Å². The van der Waals surface area contributed by atoms with Gasteiger partial charge in [-0.25, -0.2) is 13.2 Å². The molecule has 104 valence electrons. The van der Waals surface area contributed by atoms with Crippen molar-refractivity contribution < 1.29 is 22.7 Å². The van der Waals surface area contributed by atoms with Crippen LogP contribution in [0.25, 0.3) is 0 Å². The first-order valence-electron chi connectivity index (χ1n) is 5.78. The van der Waals surface area contributed by atoms with Crippen molar-refractivity contribution in [3.8, 4) is 5.75 Å². The van der Waals surface area contributed by atoms with E-state index in [0.717, 1.165) is 0 Å². The Morgan fingerprint density at radius 2 is 1.65 bits per heavy atom. The maximum absolute atomic E-state index is 13.6. The molecular formula is C15H11F3O2. The van der Waals surface area contributed by atoms with Crippen LogP contribution in [-0.2, 0) is 0 Å². The molecule has 2 aromatic rings. The third-order valence-corrected chi connectivity index (χ3v) is 2.89. The van der Waals surface area contributed by atoms with Gasteiger partial charge in [-0.2, -0.15) is 0 Å². The first kappa shape index (κ1) is 14.1. The van der Waals surface area contributed by atoms with Gasteiger partial charge in [-0.1, -0.05) is 0 Å². The Morgan fingerprint density at radius 1 is 1.05 bits per heavy atom.